The predicted octanol–water partition coefficient (Wildman–Crippen LogP) is 7.22. The summed E-state index contributed by atoms with van der Waals surface area (Å²) in [7, 11) is 0. The summed E-state index contributed by atoms with van der Waals surface area (Å²) in [5.41, 5.74) is 5.30. The summed E-state index contributed by atoms with van der Waals surface area (Å²) in [6.45, 7) is 2.41. The van der Waals surface area contributed by atoms with Crippen LogP contribution < -0.4 is 5.32 Å². The largest absolute Gasteiger partial charge is 0.322 e. The molecule has 2 aromatic heterocycles. The first-order chi connectivity index (χ1) is 19.1. The highest BCUT2D eigenvalue weighted by Gasteiger charge is 2.36. The lowest BCUT2D eigenvalue weighted by atomic mass is 10.0. The maximum Gasteiger partial charge on any atom is 0.322 e. The van der Waals surface area contributed by atoms with E-state index < -0.39 is 6.04 Å². The van der Waals surface area contributed by atoms with Gasteiger partial charge >= 0.3 is 6.03 Å². The fraction of sp³-hybridized carbons (Fsp3) is 0.161. The Bertz CT molecular complexity index is 1630. The lowest BCUT2D eigenvalue weighted by Crippen LogP contribution is -2.38. The Balaban J connectivity index is 1.53. The normalized spacial score (nSPS) is 14.4. The Morgan fingerprint density at radius 2 is 1.82 bits per heavy atom. The quantitative estimate of drug-likeness (QED) is 0.241. The lowest BCUT2D eigenvalue weighted by Gasteiger charge is -2.31. The molecule has 1 aliphatic heterocycles. The number of nitrogens with zero attached hydrogens (tertiary/aromatic N) is 4. The van der Waals surface area contributed by atoms with Gasteiger partial charge in [-0.2, -0.15) is 5.10 Å². The topological polar surface area (TPSA) is 55.1 Å². The van der Waals surface area contributed by atoms with Crippen molar-refractivity contribution >= 4 is 23.5 Å². The molecule has 6 nitrogen and oxygen atoms in total. The molecule has 0 fully saturated rings. The van der Waals surface area contributed by atoms with Crippen molar-refractivity contribution in [2.45, 2.75) is 30.8 Å². The van der Waals surface area contributed by atoms with Crippen LogP contribution in [0.3, 0.4) is 0 Å². The molecule has 1 unspecified atom stereocenters. The van der Waals surface area contributed by atoms with E-state index in [2.05, 4.69) is 16.8 Å². The summed E-state index contributed by atoms with van der Waals surface area (Å²) in [5, 5.41) is 8.11. The van der Waals surface area contributed by atoms with Crippen LogP contribution in [0.4, 0.5) is 14.9 Å². The van der Waals surface area contributed by atoms with E-state index in [1.807, 2.05) is 88.8 Å². The molecule has 6 rings (SSSR count). The highest BCUT2D eigenvalue weighted by molar-refractivity contribution is 7.98. The minimum atomic E-state index is -0.453. The van der Waals surface area contributed by atoms with Gasteiger partial charge in [0.05, 0.1) is 29.7 Å². The molecule has 0 saturated heterocycles. The predicted molar refractivity (Wildman–Crippen MR) is 153 cm³/mol. The zero-order valence-electron chi connectivity index (χ0n) is 21.7. The van der Waals surface area contributed by atoms with Crippen LogP contribution in [-0.4, -0.2) is 31.5 Å². The van der Waals surface area contributed by atoms with E-state index in [1.165, 1.54) is 12.1 Å². The summed E-state index contributed by atoms with van der Waals surface area (Å²) in [5.74, 6) is 0.591. The summed E-state index contributed by atoms with van der Waals surface area (Å²) in [6.07, 6.45) is 4.73. The standard InChI is InChI=1S/C31H28FN5OS/c1-3-27-26-20-36(31(38)33-23-9-7-12-25(19-23)39-2)29(21-14-16-22(32)17-15-21)28-13-8-18-35(28)30(26)37(34-27)24-10-5-4-6-11-24/h4-19,29H,3,20H2,1-2H3,(H,33,38). The number of urea groups is 1. The molecule has 8 heteroatoms. The second kappa shape index (κ2) is 10.5. The average molecular weight is 538 g/mol. The number of carbonyl (C=O) groups is 1. The number of aryl methyl sites for hydroxylation is 1. The number of para-hydroxylation sites is 1. The van der Waals surface area contributed by atoms with Gasteiger partial charge in [-0.3, -0.25) is 0 Å². The molecule has 2 amide bonds. The summed E-state index contributed by atoms with van der Waals surface area (Å²) in [6, 6.07) is 27.5. The zero-order chi connectivity index (χ0) is 26.9. The number of halogens is 1. The third-order valence-corrected chi connectivity index (χ3v) is 7.80. The number of hydrogen-bond acceptors (Lipinski definition) is 3. The molecule has 3 aromatic carbocycles. The molecule has 0 bridgehead atoms. The van der Waals surface area contributed by atoms with Gasteiger partial charge in [0.1, 0.15) is 11.6 Å². The van der Waals surface area contributed by atoms with E-state index in [4.69, 9.17) is 5.10 Å². The molecule has 0 radical (unpaired) electrons. The third-order valence-electron chi connectivity index (χ3n) is 7.07. The summed E-state index contributed by atoms with van der Waals surface area (Å²) in [4.78, 5) is 17.0. The fourth-order valence-corrected chi connectivity index (χ4v) is 5.70. The number of anilines is 1. The SMILES string of the molecule is CCc1nn(-c2ccccc2)c2c1CN(C(=O)Nc1cccc(SC)c1)C(c1ccc(F)cc1)c1cccn1-2. The van der Waals surface area contributed by atoms with Crippen LogP contribution in [-0.2, 0) is 13.0 Å². The molecule has 1 atom stereocenters. The van der Waals surface area contributed by atoms with Gasteiger partial charge in [0.15, 0.2) is 0 Å². The molecule has 5 aromatic rings. The smallest absolute Gasteiger partial charge is 0.308 e. The van der Waals surface area contributed by atoms with E-state index in [0.717, 1.165) is 44.6 Å². The van der Waals surface area contributed by atoms with Crippen molar-refractivity contribution in [2.75, 3.05) is 11.6 Å². The van der Waals surface area contributed by atoms with Crippen LogP contribution in [0.1, 0.15) is 35.5 Å². The molecule has 39 heavy (non-hydrogen) atoms. The van der Waals surface area contributed by atoms with Crippen LogP contribution in [0.2, 0.25) is 0 Å². The Morgan fingerprint density at radius 1 is 1.03 bits per heavy atom. The summed E-state index contributed by atoms with van der Waals surface area (Å²) >= 11 is 1.62. The average Bonchev–Trinajstić information content (AvgIpc) is 3.55. The molecule has 3 heterocycles. The van der Waals surface area contributed by atoms with Crippen molar-refractivity contribution in [3.8, 4) is 11.5 Å². The molecule has 1 N–H and O–H groups in total. The number of amides is 2. The number of aromatic nitrogens is 3. The number of carbonyl (C=O) groups excluding carboxylic acids is 1. The van der Waals surface area contributed by atoms with Crippen molar-refractivity contribution in [3.63, 3.8) is 0 Å². The Morgan fingerprint density at radius 3 is 2.56 bits per heavy atom. The fourth-order valence-electron chi connectivity index (χ4n) is 5.24. The molecule has 0 saturated carbocycles. The first-order valence-electron chi connectivity index (χ1n) is 12.9. The lowest BCUT2D eigenvalue weighted by molar-refractivity contribution is 0.194. The van der Waals surface area contributed by atoms with Crippen molar-refractivity contribution < 1.29 is 9.18 Å². The first kappa shape index (κ1) is 25.0. The second-order valence-electron chi connectivity index (χ2n) is 9.40. The van der Waals surface area contributed by atoms with Gasteiger partial charge in [-0.15, -0.1) is 11.8 Å². The van der Waals surface area contributed by atoms with Crippen molar-refractivity contribution in [1.29, 1.82) is 0 Å². The number of hydrogen-bond donors (Lipinski definition) is 1. The molecule has 1 aliphatic rings. The second-order valence-corrected chi connectivity index (χ2v) is 10.3. The monoisotopic (exact) mass is 537 g/mol. The molecular weight excluding hydrogens is 509 g/mol. The van der Waals surface area contributed by atoms with Crippen LogP contribution in [0.15, 0.2) is 102 Å². The van der Waals surface area contributed by atoms with Gasteiger partial charge in [0, 0.05) is 22.3 Å². The van der Waals surface area contributed by atoms with Crippen LogP contribution in [0.5, 0.6) is 0 Å². The first-order valence-corrected chi connectivity index (χ1v) is 14.1. The molecule has 0 aliphatic carbocycles. The Kier molecular flexibility index (Phi) is 6.70. The third kappa shape index (κ3) is 4.61. The van der Waals surface area contributed by atoms with Crippen LogP contribution in [0.25, 0.3) is 11.5 Å². The minimum absolute atomic E-state index is 0.238. The number of nitrogens with one attached hydrogen (secondary N) is 1. The van der Waals surface area contributed by atoms with Crippen molar-refractivity contribution in [1.82, 2.24) is 19.2 Å². The van der Waals surface area contributed by atoms with Gasteiger partial charge < -0.3 is 14.8 Å². The highest BCUT2D eigenvalue weighted by atomic mass is 32.2. The van der Waals surface area contributed by atoms with Gasteiger partial charge in [-0.25, -0.2) is 13.9 Å². The summed E-state index contributed by atoms with van der Waals surface area (Å²) < 4.78 is 18.1. The van der Waals surface area contributed by atoms with E-state index in [9.17, 15) is 9.18 Å². The maximum absolute atomic E-state index is 14.1. The van der Waals surface area contributed by atoms with Crippen LogP contribution in [0, 0.1) is 5.82 Å². The minimum Gasteiger partial charge on any atom is -0.308 e. The molecular formula is C31H28FN5OS. The van der Waals surface area contributed by atoms with Crippen molar-refractivity contribution in [3.05, 3.63) is 126 Å². The number of thioether (sulfide) groups is 1. The zero-order valence-corrected chi connectivity index (χ0v) is 22.5. The molecule has 0 spiro atoms. The van der Waals surface area contributed by atoms with Gasteiger partial charge in [-0.1, -0.05) is 43.3 Å². The number of rotatable bonds is 5. The Labute approximate surface area is 231 Å². The number of fused-ring (bicyclic) bond motifs is 3. The van der Waals surface area contributed by atoms with E-state index in [-0.39, 0.29) is 11.8 Å². The van der Waals surface area contributed by atoms with E-state index in [0.29, 0.717) is 13.0 Å². The van der Waals surface area contributed by atoms with Gasteiger partial charge in [0.2, 0.25) is 0 Å². The van der Waals surface area contributed by atoms with Crippen molar-refractivity contribution in [2.24, 2.45) is 0 Å². The van der Waals surface area contributed by atoms with Gasteiger partial charge in [0.25, 0.3) is 0 Å². The maximum atomic E-state index is 14.1. The van der Waals surface area contributed by atoms with E-state index >= 15 is 0 Å². The highest BCUT2D eigenvalue weighted by Crippen LogP contribution is 2.39. The van der Waals surface area contributed by atoms with Gasteiger partial charge in [-0.05, 0) is 72.8 Å². The van der Waals surface area contributed by atoms with Crippen LogP contribution >= 0.6 is 11.8 Å². The number of benzene rings is 3. The van der Waals surface area contributed by atoms with E-state index in [1.54, 1.807) is 23.9 Å². The Hall–Kier alpha value is -4.30. The molecule has 196 valence electrons.